The van der Waals surface area contributed by atoms with Gasteiger partial charge in [-0.15, -0.1) is 0 Å². The average molecular weight is 278 g/mol. The van der Waals surface area contributed by atoms with Crippen LogP contribution in [0.5, 0.6) is 0 Å². The van der Waals surface area contributed by atoms with Crippen LogP contribution in [0.3, 0.4) is 0 Å². The lowest BCUT2D eigenvalue weighted by molar-refractivity contribution is 0.256. The van der Waals surface area contributed by atoms with E-state index in [1.807, 2.05) is 0 Å². The molecular formula is C6H4BrN3O3S. The zero-order chi connectivity index (χ0) is 10.3. The topological polar surface area (TPSA) is 88.2 Å². The molecule has 6 nitrogen and oxygen atoms in total. The van der Waals surface area contributed by atoms with Gasteiger partial charge in [-0.3, -0.25) is 5.32 Å². The van der Waals surface area contributed by atoms with Gasteiger partial charge >= 0.3 is 6.03 Å². The number of rotatable bonds is 0. The zero-order valence-corrected chi connectivity index (χ0v) is 9.02. The van der Waals surface area contributed by atoms with Gasteiger partial charge in [0.15, 0.2) is 5.82 Å². The molecule has 8 heteroatoms. The predicted octanol–water partition coefficient (Wildman–Crippen LogP) is 0.668. The van der Waals surface area contributed by atoms with E-state index in [0.29, 0.717) is 4.47 Å². The fourth-order valence-corrected chi connectivity index (χ4v) is 2.56. The van der Waals surface area contributed by atoms with Crippen LogP contribution in [0.1, 0.15) is 0 Å². The number of pyridine rings is 1. The van der Waals surface area contributed by atoms with Gasteiger partial charge in [0, 0.05) is 10.7 Å². The molecule has 2 amide bonds. The van der Waals surface area contributed by atoms with E-state index in [-0.39, 0.29) is 10.7 Å². The van der Waals surface area contributed by atoms with Gasteiger partial charge in [-0.2, -0.15) is 0 Å². The third kappa shape index (κ3) is 1.46. The maximum Gasteiger partial charge on any atom is 0.334 e. The quantitative estimate of drug-likeness (QED) is 0.730. The smallest absolute Gasteiger partial charge is 0.290 e. The fourth-order valence-electron chi connectivity index (χ4n) is 1.03. The van der Waals surface area contributed by atoms with E-state index in [1.54, 1.807) is 4.72 Å². The SMILES string of the molecule is O=C1Nc2ncc(Br)cc2S(=O)(=O)N1. The summed E-state index contributed by atoms with van der Waals surface area (Å²) >= 11 is 3.09. The molecule has 2 heterocycles. The Morgan fingerprint density at radius 2 is 2.14 bits per heavy atom. The molecule has 1 aromatic heterocycles. The van der Waals surface area contributed by atoms with Crippen LogP contribution in [0, 0.1) is 0 Å². The number of nitrogens with zero attached hydrogens (tertiary/aromatic N) is 1. The molecular weight excluding hydrogens is 274 g/mol. The van der Waals surface area contributed by atoms with Gasteiger partial charge in [-0.05, 0) is 22.0 Å². The summed E-state index contributed by atoms with van der Waals surface area (Å²) in [6, 6.07) is 0.566. The second kappa shape index (κ2) is 2.92. The fraction of sp³-hybridized carbons (Fsp3) is 0. The summed E-state index contributed by atoms with van der Waals surface area (Å²) in [7, 11) is -3.77. The van der Waals surface area contributed by atoms with Gasteiger partial charge in [0.25, 0.3) is 10.0 Å². The minimum atomic E-state index is -3.77. The molecule has 0 unspecified atom stereocenters. The highest BCUT2D eigenvalue weighted by Gasteiger charge is 2.28. The van der Waals surface area contributed by atoms with Gasteiger partial charge in [0.1, 0.15) is 4.90 Å². The number of hydrogen-bond acceptors (Lipinski definition) is 4. The van der Waals surface area contributed by atoms with Crippen LogP contribution < -0.4 is 10.0 Å². The molecule has 0 bridgehead atoms. The molecule has 74 valence electrons. The maximum absolute atomic E-state index is 11.4. The van der Waals surface area contributed by atoms with Crippen molar-refractivity contribution in [1.82, 2.24) is 9.71 Å². The van der Waals surface area contributed by atoms with Crippen molar-refractivity contribution in [3.63, 3.8) is 0 Å². The van der Waals surface area contributed by atoms with Crippen LogP contribution in [-0.4, -0.2) is 19.4 Å². The highest BCUT2D eigenvalue weighted by Crippen LogP contribution is 2.24. The minimum Gasteiger partial charge on any atom is -0.290 e. The van der Waals surface area contributed by atoms with E-state index in [4.69, 9.17) is 0 Å². The first kappa shape index (κ1) is 9.41. The second-order valence-electron chi connectivity index (χ2n) is 2.56. The summed E-state index contributed by atoms with van der Waals surface area (Å²) in [6.07, 6.45) is 1.40. The van der Waals surface area contributed by atoms with Gasteiger partial charge < -0.3 is 0 Å². The lowest BCUT2D eigenvalue weighted by Crippen LogP contribution is -2.39. The molecule has 1 aromatic rings. The number of aromatic nitrogens is 1. The zero-order valence-electron chi connectivity index (χ0n) is 6.61. The number of carbonyl (C=O) groups is 1. The molecule has 1 aliphatic rings. The molecule has 0 aromatic carbocycles. The summed E-state index contributed by atoms with van der Waals surface area (Å²) in [6.45, 7) is 0. The lowest BCUT2D eigenvalue weighted by atomic mass is 10.4. The number of halogens is 1. The summed E-state index contributed by atoms with van der Waals surface area (Å²) < 4.78 is 25.1. The van der Waals surface area contributed by atoms with Gasteiger partial charge in [0.05, 0.1) is 0 Å². The average Bonchev–Trinajstić information content (AvgIpc) is 2.05. The molecule has 14 heavy (non-hydrogen) atoms. The Bertz CT molecular complexity index is 513. The van der Waals surface area contributed by atoms with Crippen LogP contribution in [0.2, 0.25) is 0 Å². The first-order valence-corrected chi connectivity index (χ1v) is 5.76. The Balaban J connectivity index is 2.71. The molecule has 0 radical (unpaired) electrons. The molecule has 0 fully saturated rings. The van der Waals surface area contributed by atoms with Crippen molar-refractivity contribution in [1.29, 1.82) is 0 Å². The molecule has 0 saturated carbocycles. The predicted molar refractivity (Wildman–Crippen MR) is 51.3 cm³/mol. The van der Waals surface area contributed by atoms with Crippen molar-refractivity contribution in [2.24, 2.45) is 0 Å². The Morgan fingerprint density at radius 1 is 1.43 bits per heavy atom. The number of sulfonamides is 1. The standard InChI is InChI=1S/C6H4BrN3O3S/c7-3-1-4-5(8-2-3)9-6(11)10-14(4,12)13/h1-2H,(H2,8,9,10,11). The van der Waals surface area contributed by atoms with Crippen LogP contribution in [0.4, 0.5) is 10.6 Å². The van der Waals surface area contributed by atoms with Crippen molar-refractivity contribution in [2.45, 2.75) is 4.90 Å². The number of carbonyl (C=O) groups excluding carboxylic acids is 1. The van der Waals surface area contributed by atoms with Crippen LogP contribution >= 0.6 is 15.9 Å². The third-order valence-electron chi connectivity index (χ3n) is 1.57. The van der Waals surface area contributed by atoms with E-state index in [1.165, 1.54) is 12.3 Å². The number of urea groups is 1. The number of amides is 2. The Morgan fingerprint density at radius 3 is 2.86 bits per heavy atom. The summed E-state index contributed by atoms with van der Waals surface area (Å²) in [5.41, 5.74) is 0. The van der Waals surface area contributed by atoms with E-state index in [2.05, 4.69) is 26.2 Å². The monoisotopic (exact) mass is 277 g/mol. The minimum absolute atomic E-state index is 0.0388. The van der Waals surface area contributed by atoms with E-state index in [0.717, 1.165) is 0 Å². The van der Waals surface area contributed by atoms with Crippen molar-refractivity contribution in [3.05, 3.63) is 16.7 Å². The highest BCUT2D eigenvalue weighted by molar-refractivity contribution is 9.10. The number of nitrogens with one attached hydrogen (secondary N) is 2. The van der Waals surface area contributed by atoms with E-state index >= 15 is 0 Å². The summed E-state index contributed by atoms with van der Waals surface area (Å²) in [4.78, 5) is 14.6. The molecule has 2 N–H and O–H groups in total. The Hall–Kier alpha value is -1.15. The Kier molecular flexibility index (Phi) is 1.96. The van der Waals surface area contributed by atoms with Crippen LogP contribution in [-0.2, 0) is 10.0 Å². The number of fused-ring (bicyclic) bond motifs is 1. The molecule has 0 spiro atoms. The summed E-state index contributed by atoms with van der Waals surface area (Å²) in [5.74, 6) is 0.0388. The van der Waals surface area contributed by atoms with Crippen molar-refractivity contribution in [3.8, 4) is 0 Å². The first-order valence-electron chi connectivity index (χ1n) is 3.48. The normalized spacial score (nSPS) is 17.9. The summed E-state index contributed by atoms with van der Waals surface area (Å²) in [5, 5.41) is 2.28. The Labute approximate surface area is 87.9 Å². The highest BCUT2D eigenvalue weighted by atomic mass is 79.9. The van der Waals surface area contributed by atoms with Gasteiger partial charge in [-0.1, -0.05) is 0 Å². The van der Waals surface area contributed by atoms with E-state index in [9.17, 15) is 13.2 Å². The maximum atomic E-state index is 11.4. The third-order valence-corrected chi connectivity index (χ3v) is 3.35. The van der Waals surface area contributed by atoms with Crippen molar-refractivity contribution < 1.29 is 13.2 Å². The lowest BCUT2D eigenvalue weighted by Gasteiger charge is -2.16. The van der Waals surface area contributed by atoms with Crippen molar-refractivity contribution in [2.75, 3.05) is 5.32 Å². The van der Waals surface area contributed by atoms with E-state index < -0.39 is 16.1 Å². The van der Waals surface area contributed by atoms with Gasteiger partial charge in [-0.25, -0.2) is 22.9 Å². The van der Waals surface area contributed by atoms with Gasteiger partial charge in [0.2, 0.25) is 0 Å². The van der Waals surface area contributed by atoms with Crippen LogP contribution in [0.15, 0.2) is 21.6 Å². The molecule has 0 saturated heterocycles. The largest absolute Gasteiger partial charge is 0.334 e. The first-order chi connectivity index (χ1) is 6.49. The number of hydrogen-bond donors (Lipinski definition) is 2. The molecule has 0 aliphatic carbocycles. The molecule has 2 rings (SSSR count). The number of anilines is 1. The molecule has 0 atom stereocenters. The van der Waals surface area contributed by atoms with Crippen LogP contribution in [0.25, 0.3) is 0 Å². The molecule has 1 aliphatic heterocycles. The van der Waals surface area contributed by atoms with Crippen molar-refractivity contribution >= 4 is 37.8 Å². The second-order valence-corrected chi connectivity index (χ2v) is 5.13.